The Labute approximate surface area is 203 Å². The summed E-state index contributed by atoms with van der Waals surface area (Å²) in [5.74, 6) is -1.22. The monoisotopic (exact) mass is 520 g/mol. The molecule has 7 atom stereocenters. The molecule has 1 saturated heterocycles. The second-order valence-electron chi connectivity index (χ2n) is 8.17. The van der Waals surface area contributed by atoms with Crippen LogP contribution in [0.2, 0.25) is 0 Å². The van der Waals surface area contributed by atoms with Gasteiger partial charge >= 0.3 is 13.7 Å². The van der Waals surface area contributed by atoms with Crippen molar-refractivity contribution in [1.82, 2.24) is 10.4 Å². The van der Waals surface area contributed by atoms with Gasteiger partial charge in [-0.05, 0) is 30.2 Å². The summed E-state index contributed by atoms with van der Waals surface area (Å²) in [5, 5.41) is 35.6. The van der Waals surface area contributed by atoms with Gasteiger partial charge in [-0.2, -0.15) is 5.09 Å². The van der Waals surface area contributed by atoms with Crippen molar-refractivity contribution in [1.29, 1.82) is 0 Å². The fourth-order valence-corrected chi connectivity index (χ4v) is 5.26. The van der Waals surface area contributed by atoms with Gasteiger partial charge in [0.1, 0.15) is 41.9 Å². The summed E-state index contributed by atoms with van der Waals surface area (Å²) in [5.41, 5.74) is 0. The third-order valence-corrected chi connectivity index (χ3v) is 6.77. The van der Waals surface area contributed by atoms with Crippen LogP contribution >= 0.6 is 7.75 Å². The minimum atomic E-state index is -4.54. The number of nitrogens with one attached hydrogen (secondary N) is 2. The summed E-state index contributed by atoms with van der Waals surface area (Å²) in [6, 6.07) is 3.41. The first-order valence-electron chi connectivity index (χ1n) is 10.8. The van der Waals surface area contributed by atoms with E-state index < -0.39 is 68.8 Å². The predicted molar refractivity (Wildman–Crippen MR) is 121 cm³/mol. The molecule has 35 heavy (non-hydrogen) atoms. The van der Waals surface area contributed by atoms with Crippen LogP contribution in [-0.2, 0) is 28.2 Å². The molecule has 1 aromatic carbocycles. The van der Waals surface area contributed by atoms with Gasteiger partial charge in [0.15, 0.2) is 6.29 Å². The normalized spacial score (nSPS) is 26.9. The maximum Gasteiger partial charge on any atom is 0.459 e. The van der Waals surface area contributed by atoms with E-state index in [4.69, 9.17) is 23.3 Å². The zero-order valence-corrected chi connectivity index (χ0v) is 21.0. The smallest absolute Gasteiger partial charge is 0.459 e. The number of aliphatic hydroxyl groups excluding tert-OH is 3. The van der Waals surface area contributed by atoms with Crippen molar-refractivity contribution >= 4 is 19.6 Å². The highest BCUT2D eigenvalue weighted by Gasteiger charge is 2.50. The highest BCUT2D eigenvalue weighted by molar-refractivity contribution is 7.52. The van der Waals surface area contributed by atoms with Crippen molar-refractivity contribution in [2.24, 2.45) is 5.92 Å². The molecule has 198 valence electrons. The van der Waals surface area contributed by atoms with Gasteiger partial charge in [-0.15, -0.1) is 0 Å². The lowest BCUT2D eigenvalue weighted by Gasteiger charge is -2.43. The van der Waals surface area contributed by atoms with E-state index in [1.165, 1.54) is 31.4 Å². The molecule has 0 radical (unpaired) electrons. The van der Waals surface area contributed by atoms with E-state index >= 15 is 0 Å². The Morgan fingerprint density at radius 1 is 1.14 bits per heavy atom. The molecule has 0 aromatic heterocycles. The maximum atomic E-state index is 14.0. The lowest BCUT2D eigenvalue weighted by molar-refractivity contribution is -0.250. The van der Waals surface area contributed by atoms with Crippen molar-refractivity contribution in [3.8, 4) is 11.5 Å². The van der Waals surface area contributed by atoms with E-state index in [0.29, 0.717) is 5.75 Å². The first-order valence-corrected chi connectivity index (χ1v) is 12.4. The fraction of sp³-hybridized carbons (Fsp3) is 0.619. The molecular weight excluding hydrogens is 487 g/mol. The maximum absolute atomic E-state index is 14.0. The van der Waals surface area contributed by atoms with E-state index in [-0.39, 0.29) is 5.75 Å². The SMILES string of the molecule is COC(=O)C(NP(=O)(Oc1ccc(OC)cc1)O[C@@H]1[C@H](O)[C@@H](CO)O[C@H](O)[C@@H]1NC(C)=O)C(C)C. The van der Waals surface area contributed by atoms with Gasteiger partial charge in [0.25, 0.3) is 0 Å². The number of carbonyl (C=O) groups is 2. The number of rotatable bonds is 11. The Morgan fingerprint density at radius 2 is 1.74 bits per heavy atom. The van der Waals surface area contributed by atoms with Gasteiger partial charge in [-0.25, -0.2) is 4.57 Å². The largest absolute Gasteiger partial charge is 0.497 e. The highest BCUT2D eigenvalue weighted by Crippen LogP contribution is 2.48. The lowest BCUT2D eigenvalue weighted by Crippen LogP contribution is -2.64. The molecule has 0 bridgehead atoms. The Kier molecular flexibility index (Phi) is 10.5. The van der Waals surface area contributed by atoms with Crippen LogP contribution in [0.4, 0.5) is 0 Å². The summed E-state index contributed by atoms with van der Waals surface area (Å²) in [7, 11) is -1.92. The Balaban J connectivity index is 2.48. The molecule has 1 fully saturated rings. The summed E-state index contributed by atoms with van der Waals surface area (Å²) in [4.78, 5) is 24.1. The van der Waals surface area contributed by atoms with Crippen LogP contribution in [-0.4, -0.2) is 84.7 Å². The highest BCUT2D eigenvalue weighted by atomic mass is 31.2. The van der Waals surface area contributed by atoms with Gasteiger partial charge in [-0.1, -0.05) is 13.8 Å². The summed E-state index contributed by atoms with van der Waals surface area (Å²) in [6.07, 6.45) is -6.27. The predicted octanol–water partition coefficient (Wildman–Crippen LogP) is -0.0704. The zero-order chi connectivity index (χ0) is 26.3. The number of benzene rings is 1. The molecule has 1 amide bonds. The molecule has 1 aromatic rings. The average molecular weight is 520 g/mol. The van der Waals surface area contributed by atoms with E-state index in [1.54, 1.807) is 13.8 Å². The van der Waals surface area contributed by atoms with E-state index in [1.807, 2.05) is 0 Å². The Bertz CT molecular complexity index is 898. The van der Waals surface area contributed by atoms with Gasteiger partial charge in [-0.3, -0.25) is 14.1 Å². The van der Waals surface area contributed by atoms with Crippen LogP contribution in [0.15, 0.2) is 24.3 Å². The second kappa shape index (κ2) is 12.6. The van der Waals surface area contributed by atoms with Crippen molar-refractivity contribution in [3.05, 3.63) is 24.3 Å². The van der Waals surface area contributed by atoms with Crippen molar-refractivity contribution in [2.75, 3.05) is 20.8 Å². The molecule has 1 heterocycles. The van der Waals surface area contributed by atoms with Gasteiger partial charge in [0.05, 0.1) is 20.8 Å². The number of aliphatic hydroxyl groups is 3. The quantitative estimate of drug-likeness (QED) is 0.194. The first-order chi connectivity index (χ1) is 16.4. The number of hydrogen-bond donors (Lipinski definition) is 5. The molecule has 14 heteroatoms. The number of carbonyl (C=O) groups excluding carboxylic acids is 2. The molecule has 1 aliphatic heterocycles. The van der Waals surface area contributed by atoms with E-state index in [9.17, 15) is 29.5 Å². The fourth-order valence-electron chi connectivity index (χ4n) is 3.38. The molecule has 0 saturated carbocycles. The molecule has 1 aliphatic rings. The molecule has 2 rings (SSSR count). The molecule has 13 nitrogen and oxygen atoms in total. The Hall–Kier alpha value is -2.25. The number of esters is 1. The summed E-state index contributed by atoms with van der Waals surface area (Å²) < 4.78 is 40.4. The van der Waals surface area contributed by atoms with Crippen LogP contribution in [0, 0.1) is 5.92 Å². The van der Waals surface area contributed by atoms with Crippen LogP contribution < -0.4 is 19.7 Å². The number of methoxy groups -OCH3 is 2. The standard InChI is InChI=1S/C21H33N2O11P/c1-11(2)16(20(27)31-5)23-35(29,33-14-8-6-13(30-4)7-9-14)34-19-17(22-12(3)25)21(28)32-15(10-24)18(19)26/h6-9,11,15-19,21,24,26,28H,10H2,1-5H3,(H,22,25)(H,23,29)/t15-,16?,17-,18-,19+,21+,35?/m1/s1. The molecule has 5 N–H and O–H groups in total. The van der Waals surface area contributed by atoms with Crippen LogP contribution in [0.25, 0.3) is 0 Å². The third kappa shape index (κ3) is 7.61. The van der Waals surface area contributed by atoms with Crippen molar-refractivity contribution in [3.63, 3.8) is 0 Å². The van der Waals surface area contributed by atoms with Crippen LogP contribution in [0.3, 0.4) is 0 Å². The molecule has 0 spiro atoms. The number of hydrogen-bond acceptors (Lipinski definition) is 11. The summed E-state index contributed by atoms with van der Waals surface area (Å²) >= 11 is 0. The second-order valence-corrected chi connectivity index (χ2v) is 9.82. The third-order valence-electron chi connectivity index (χ3n) is 5.21. The van der Waals surface area contributed by atoms with Crippen molar-refractivity contribution < 1.29 is 52.7 Å². The average Bonchev–Trinajstić information content (AvgIpc) is 2.81. The Morgan fingerprint density at radius 3 is 2.23 bits per heavy atom. The van der Waals surface area contributed by atoms with E-state index in [2.05, 4.69) is 10.4 Å². The van der Waals surface area contributed by atoms with Gasteiger partial charge in [0.2, 0.25) is 5.91 Å². The summed E-state index contributed by atoms with van der Waals surface area (Å²) in [6.45, 7) is 3.79. The van der Waals surface area contributed by atoms with Crippen LogP contribution in [0.1, 0.15) is 20.8 Å². The lowest BCUT2D eigenvalue weighted by atomic mass is 9.97. The number of ether oxygens (including phenoxy) is 3. The topological polar surface area (TPSA) is 182 Å². The van der Waals surface area contributed by atoms with Crippen LogP contribution in [0.5, 0.6) is 11.5 Å². The van der Waals surface area contributed by atoms with Gasteiger partial charge < -0.3 is 39.4 Å². The zero-order valence-electron chi connectivity index (χ0n) is 20.1. The molecule has 0 aliphatic carbocycles. The van der Waals surface area contributed by atoms with Gasteiger partial charge in [0, 0.05) is 6.92 Å². The minimum absolute atomic E-state index is 0.0610. The molecule has 2 unspecified atom stereocenters. The minimum Gasteiger partial charge on any atom is -0.497 e. The van der Waals surface area contributed by atoms with Crippen molar-refractivity contribution in [2.45, 2.75) is 57.5 Å². The molecular formula is C21H33N2O11P. The van der Waals surface area contributed by atoms with E-state index in [0.717, 1.165) is 14.0 Å². The first kappa shape index (κ1) is 29.0. The number of amides is 1.